The molecule has 1 fully saturated rings. The Balaban J connectivity index is 1.32. The molecule has 0 unspecified atom stereocenters. The number of hydrogen-bond acceptors (Lipinski definition) is 5. The lowest BCUT2D eigenvalue weighted by Crippen LogP contribution is -2.47. The Morgan fingerprint density at radius 2 is 2.00 bits per heavy atom. The van der Waals surface area contributed by atoms with Crippen molar-refractivity contribution in [1.82, 2.24) is 14.9 Å². The van der Waals surface area contributed by atoms with Crippen LogP contribution in [0.3, 0.4) is 0 Å². The third kappa shape index (κ3) is 4.68. The van der Waals surface area contributed by atoms with Crippen molar-refractivity contribution in [3.05, 3.63) is 59.2 Å². The van der Waals surface area contributed by atoms with Gasteiger partial charge < -0.3 is 15.1 Å². The molecule has 0 spiro atoms. The van der Waals surface area contributed by atoms with Crippen LogP contribution in [0, 0.1) is 0 Å². The van der Waals surface area contributed by atoms with Crippen LogP contribution in [0.4, 0.5) is 16.3 Å². The van der Waals surface area contributed by atoms with Crippen molar-refractivity contribution in [2.75, 3.05) is 30.4 Å². The number of carbonyl (C=O) groups excluding carboxylic acids is 1. The van der Waals surface area contributed by atoms with Gasteiger partial charge in [-0.15, -0.1) is 11.3 Å². The molecule has 0 saturated carbocycles. The molecule has 8 heteroatoms. The van der Waals surface area contributed by atoms with Gasteiger partial charge in [0.2, 0.25) is 0 Å². The summed E-state index contributed by atoms with van der Waals surface area (Å²) in [6, 6.07) is 13.6. The monoisotopic (exact) mass is 427 g/mol. The summed E-state index contributed by atoms with van der Waals surface area (Å²) in [5.74, 6) is 0.997. The van der Waals surface area contributed by atoms with Gasteiger partial charge in [0.1, 0.15) is 5.82 Å². The Bertz CT molecular complexity index is 955. The minimum Gasteiger partial charge on any atom is -0.356 e. The molecule has 150 valence electrons. The summed E-state index contributed by atoms with van der Waals surface area (Å²) in [6.07, 6.45) is 5.32. The predicted molar refractivity (Wildman–Crippen MR) is 119 cm³/mol. The van der Waals surface area contributed by atoms with Gasteiger partial charge in [-0.1, -0.05) is 17.7 Å². The van der Waals surface area contributed by atoms with Crippen LogP contribution in [-0.2, 0) is 0 Å². The predicted octanol–water partition coefficient (Wildman–Crippen LogP) is 4.99. The lowest BCUT2D eigenvalue weighted by molar-refractivity contribution is 0.193. The molecule has 0 atom stereocenters. The third-order valence-electron chi connectivity index (χ3n) is 5.15. The molecule has 0 aromatic carbocycles. The Labute approximate surface area is 179 Å². The number of nitrogens with one attached hydrogen (secondary N) is 1. The molecule has 29 heavy (non-hydrogen) atoms. The number of thiophene rings is 1. The summed E-state index contributed by atoms with van der Waals surface area (Å²) in [6.45, 7) is 1.78. The fraction of sp³-hybridized carbons (Fsp3) is 0.286. The van der Waals surface area contributed by atoms with Crippen LogP contribution < -0.4 is 10.2 Å². The Morgan fingerprint density at radius 1 is 1.17 bits per heavy atom. The minimum atomic E-state index is -0.116. The normalized spacial score (nSPS) is 14.6. The van der Waals surface area contributed by atoms with Crippen LogP contribution in [0.2, 0.25) is 4.34 Å². The maximum atomic E-state index is 12.7. The summed E-state index contributed by atoms with van der Waals surface area (Å²) in [5, 5.41) is 2.94. The smallest absolute Gasteiger partial charge is 0.321 e. The van der Waals surface area contributed by atoms with Gasteiger partial charge >= 0.3 is 6.03 Å². The lowest BCUT2D eigenvalue weighted by atomic mass is 10.0. The number of anilines is 2. The van der Waals surface area contributed by atoms with E-state index in [0.29, 0.717) is 5.69 Å². The number of amides is 2. The number of hydrogen-bond donors (Lipinski definition) is 1. The van der Waals surface area contributed by atoms with Crippen LogP contribution in [0.5, 0.6) is 0 Å². The summed E-state index contributed by atoms with van der Waals surface area (Å²) in [4.78, 5) is 26.6. The van der Waals surface area contributed by atoms with Gasteiger partial charge in [0.05, 0.1) is 26.8 Å². The highest BCUT2D eigenvalue weighted by molar-refractivity contribution is 7.19. The number of halogens is 1. The number of nitrogens with zero attached hydrogens (tertiary/aromatic N) is 4. The number of rotatable bonds is 4. The van der Waals surface area contributed by atoms with E-state index >= 15 is 0 Å². The number of pyridine rings is 2. The summed E-state index contributed by atoms with van der Waals surface area (Å²) < 4.78 is 0.731. The van der Waals surface area contributed by atoms with E-state index in [9.17, 15) is 4.79 Å². The van der Waals surface area contributed by atoms with E-state index in [2.05, 4.69) is 20.2 Å². The van der Waals surface area contributed by atoms with Crippen LogP contribution in [-0.4, -0.2) is 47.1 Å². The van der Waals surface area contributed by atoms with Crippen molar-refractivity contribution in [2.24, 2.45) is 0 Å². The van der Waals surface area contributed by atoms with E-state index in [1.165, 1.54) is 11.3 Å². The van der Waals surface area contributed by atoms with Crippen LogP contribution >= 0.6 is 22.9 Å². The Kier molecular flexibility index (Phi) is 5.97. The molecule has 3 aromatic heterocycles. The summed E-state index contributed by atoms with van der Waals surface area (Å²) in [7, 11) is 1.85. The van der Waals surface area contributed by atoms with Crippen molar-refractivity contribution < 1.29 is 4.79 Å². The van der Waals surface area contributed by atoms with Gasteiger partial charge in [-0.3, -0.25) is 4.98 Å². The van der Waals surface area contributed by atoms with Crippen molar-refractivity contribution in [3.8, 4) is 10.6 Å². The van der Waals surface area contributed by atoms with Gasteiger partial charge in [0.25, 0.3) is 0 Å². The topological polar surface area (TPSA) is 61.4 Å². The number of carbonyl (C=O) groups is 1. The standard InChI is InChI=1S/C21H22ClN5OS/c1-26(16-9-12-27(13-10-16)20-4-2-3-11-23-20)21(28)25-15-5-6-17(24-14-15)18-7-8-19(22)29-18/h2-8,11,14,16H,9-10,12-13H2,1H3,(H,25,28). The quantitative estimate of drug-likeness (QED) is 0.637. The van der Waals surface area contributed by atoms with E-state index in [-0.39, 0.29) is 12.1 Å². The molecule has 4 rings (SSSR count). The molecular weight excluding hydrogens is 406 g/mol. The fourth-order valence-electron chi connectivity index (χ4n) is 3.47. The molecule has 6 nitrogen and oxygen atoms in total. The SMILES string of the molecule is CN(C(=O)Nc1ccc(-c2ccc(Cl)s2)nc1)C1CCN(c2ccccn2)CC1. The third-order valence-corrected chi connectivity index (χ3v) is 6.40. The van der Waals surface area contributed by atoms with E-state index in [1.54, 1.807) is 11.1 Å². The van der Waals surface area contributed by atoms with Crippen molar-refractivity contribution in [2.45, 2.75) is 18.9 Å². The van der Waals surface area contributed by atoms with Crippen LogP contribution in [0.1, 0.15) is 12.8 Å². The van der Waals surface area contributed by atoms with E-state index < -0.39 is 0 Å². The number of urea groups is 1. The molecule has 0 aliphatic carbocycles. The molecule has 3 aromatic rings. The average molecular weight is 428 g/mol. The molecule has 0 bridgehead atoms. The maximum absolute atomic E-state index is 12.7. The minimum absolute atomic E-state index is 0.116. The van der Waals surface area contributed by atoms with Crippen molar-refractivity contribution in [1.29, 1.82) is 0 Å². The van der Waals surface area contributed by atoms with Crippen LogP contribution in [0.15, 0.2) is 54.9 Å². The van der Waals surface area contributed by atoms with Gasteiger partial charge in [-0.25, -0.2) is 9.78 Å². The summed E-state index contributed by atoms with van der Waals surface area (Å²) >= 11 is 7.47. The second kappa shape index (κ2) is 8.80. The molecule has 1 N–H and O–H groups in total. The number of aromatic nitrogens is 2. The van der Waals surface area contributed by atoms with Gasteiger partial charge in [0, 0.05) is 32.4 Å². The van der Waals surface area contributed by atoms with Crippen molar-refractivity contribution >= 4 is 40.5 Å². The first-order valence-electron chi connectivity index (χ1n) is 9.52. The largest absolute Gasteiger partial charge is 0.356 e. The van der Waals surface area contributed by atoms with Gasteiger partial charge in [-0.2, -0.15) is 0 Å². The molecule has 4 heterocycles. The molecular formula is C21H22ClN5OS. The first kappa shape index (κ1) is 19.7. The first-order chi connectivity index (χ1) is 14.1. The van der Waals surface area contributed by atoms with Crippen LogP contribution in [0.25, 0.3) is 10.6 Å². The number of piperidine rings is 1. The van der Waals surface area contributed by atoms with E-state index in [4.69, 9.17) is 11.6 Å². The second-order valence-corrected chi connectivity index (χ2v) is 8.70. The average Bonchev–Trinajstić information content (AvgIpc) is 3.21. The van der Waals surface area contributed by atoms with Crippen molar-refractivity contribution in [3.63, 3.8) is 0 Å². The zero-order valence-corrected chi connectivity index (χ0v) is 17.7. The zero-order valence-electron chi connectivity index (χ0n) is 16.1. The lowest BCUT2D eigenvalue weighted by Gasteiger charge is -2.37. The fourth-order valence-corrected chi connectivity index (χ4v) is 4.49. The van der Waals surface area contributed by atoms with Gasteiger partial charge in [0.15, 0.2) is 0 Å². The molecule has 1 aliphatic heterocycles. The Morgan fingerprint density at radius 3 is 2.62 bits per heavy atom. The maximum Gasteiger partial charge on any atom is 0.321 e. The molecule has 2 amide bonds. The van der Waals surface area contributed by atoms with Gasteiger partial charge in [-0.05, 0) is 49.2 Å². The molecule has 0 radical (unpaired) electrons. The molecule has 1 aliphatic rings. The van der Waals surface area contributed by atoms with E-state index in [0.717, 1.165) is 46.7 Å². The molecule has 1 saturated heterocycles. The Hall–Kier alpha value is -2.64. The van der Waals surface area contributed by atoms with E-state index in [1.807, 2.05) is 55.7 Å². The summed E-state index contributed by atoms with van der Waals surface area (Å²) in [5.41, 5.74) is 1.52. The first-order valence-corrected chi connectivity index (χ1v) is 10.7. The highest BCUT2D eigenvalue weighted by Gasteiger charge is 2.26. The highest BCUT2D eigenvalue weighted by Crippen LogP contribution is 2.30. The highest BCUT2D eigenvalue weighted by atomic mass is 35.5. The second-order valence-electron chi connectivity index (χ2n) is 6.98. The zero-order chi connectivity index (χ0) is 20.2.